The van der Waals surface area contributed by atoms with Crippen LogP contribution in [0.5, 0.6) is 0 Å². The molecule has 4 nitrogen and oxygen atoms in total. The summed E-state index contributed by atoms with van der Waals surface area (Å²) in [5.41, 5.74) is 1.04. The van der Waals surface area contributed by atoms with Gasteiger partial charge in [0.25, 0.3) is 0 Å². The van der Waals surface area contributed by atoms with Gasteiger partial charge in [-0.05, 0) is 26.3 Å². The molecule has 2 aromatic rings. The first-order chi connectivity index (χ1) is 9.74. The molecule has 1 aromatic heterocycles. The van der Waals surface area contributed by atoms with Gasteiger partial charge in [0.1, 0.15) is 0 Å². The molecule has 4 heteroatoms. The Bertz CT molecular complexity index is 553. The molecule has 0 aliphatic carbocycles. The van der Waals surface area contributed by atoms with Crippen LogP contribution in [0.2, 0.25) is 0 Å². The number of aliphatic hydroxyl groups is 1. The van der Waals surface area contributed by atoms with Crippen LogP contribution in [0.15, 0.2) is 40.9 Å². The second-order valence-electron chi connectivity index (χ2n) is 5.40. The summed E-state index contributed by atoms with van der Waals surface area (Å²) >= 11 is 0. The first-order valence-corrected chi connectivity index (χ1v) is 7.17. The van der Waals surface area contributed by atoms with Crippen LogP contribution >= 0.6 is 0 Å². The van der Waals surface area contributed by atoms with E-state index in [0.717, 1.165) is 36.6 Å². The van der Waals surface area contributed by atoms with Crippen LogP contribution in [-0.4, -0.2) is 34.2 Å². The lowest BCUT2D eigenvalue weighted by Crippen LogP contribution is -2.39. The Morgan fingerprint density at radius 2 is 2.15 bits per heavy atom. The fraction of sp³-hybridized carbons (Fsp3) is 0.438. The molecule has 20 heavy (non-hydrogen) atoms. The molecule has 2 unspecified atom stereocenters. The van der Waals surface area contributed by atoms with E-state index in [1.54, 1.807) is 6.20 Å². The number of nitrogens with zero attached hydrogens (tertiary/aromatic N) is 2. The minimum absolute atomic E-state index is 0.0995. The highest BCUT2D eigenvalue weighted by Crippen LogP contribution is 2.27. The van der Waals surface area contributed by atoms with Crippen molar-refractivity contribution >= 4 is 0 Å². The highest BCUT2D eigenvalue weighted by atomic mass is 16.4. The molecule has 3 rings (SSSR count). The minimum Gasteiger partial charge on any atom is -0.439 e. The van der Waals surface area contributed by atoms with Crippen molar-refractivity contribution in [3.63, 3.8) is 0 Å². The maximum Gasteiger partial charge on any atom is 0.211 e. The van der Waals surface area contributed by atoms with Crippen LogP contribution < -0.4 is 0 Å². The summed E-state index contributed by atoms with van der Waals surface area (Å²) in [4.78, 5) is 6.63. The van der Waals surface area contributed by atoms with Gasteiger partial charge < -0.3 is 9.52 Å². The first-order valence-electron chi connectivity index (χ1n) is 7.17. The molecule has 1 aliphatic heterocycles. The number of benzene rings is 1. The number of piperidine rings is 1. The SMILES string of the molecule is CC(c1ncc(-c2ccccc2)o1)N1CCCC(O)C1. The van der Waals surface area contributed by atoms with Crippen molar-refractivity contribution in [2.24, 2.45) is 0 Å². The molecule has 1 aromatic carbocycles. The maximum absolute atomic E-state index is 9.77. The van der Waals surface area contributed by atoms with Gasteiger partial charge in [0.15, 0.2) is 5.76 Å². The second kappa shape index (κ2) is 5.77. The molecule has 0 spiro atoms. The van der Waals surface area contributed by atoms with Gasteiger partial charge >= 0.3 is 0 Å². The third kappa shape index (κ3) is 2.76. The van der Waals surface area contributed by atoms with E-state index in [1.807, 2.05) is 30.3 Å². The van der Waals surface area contributed by atoms with Gasteiger partial charge in [-0.3, -0.25) is 4.90 Å². The van der Waals surface area contributed by atoms with E-state index in [1.165, 1.54) is 0 Å². The van der Waals surface area contributed by atoms with E-state index in [0.29, 0.717) is 6.54 Å². The van der Waals surface area contributed by atoms with Gasteiger partial charge in [-0.1, -0.05) is 30.3 Å². The summed E-state index contributed by atoms with van der Waals surface area (Å²) in [7, 11) is 0. The minimum atomic E-state index is -0.227. The van der Waals surface area contributed by atoms with Crippen molar-refractivity contribution in [2.45, 2.75) is 31.9 Å². The summed E-state index contributed by atoms with van der Waals surface area (Å²) in [5, 5.41) is 9.77. The number of aliphatic hydroxyl groups excluding tert-OH is 1. The molecule has 1 aliphatic rings. The van der Waals surface area contributed by atoms with Crippen molar-refractivity contribution in [2.75, 3.05) is 13.1 Å². The van der Waals surface area contributed by atoms with E-state index in [-0.39, 0.29) is 12.1 Å². The number of likely N-dealkylation sites (tertiary alicyclic amines) is 1. The molecule has 106 valence electrons. The van der Waals surface area contributed by atoms with Gasteiger partial charge in [0.2, 0.25) is 5.89 Å². The largest absolute Gasteiger partial charge is 0.439 e. The van der Waals surface area contributed by atoms with Crippen LogP contribution in [0, 0.1) is 0 Å². The standard InChI is InChI=1S/C16H20N2O2/c1-12(18-9-5-8-14(19)11-18)16-17-10-15(20-16)13-6-3-2-4-7-13/h2-4,6-7,10,12,14,19H,5,8-9,11H2,1H3. The molecule has 2 heterocycles. The van der Waals surface area contributed by atoms with E-state index >= 15 is 0 Å². The quantitative estimate of drug-likeness (QED) is 0.933. The van der Waals surface area contributed by atoms with E-state index in [2.05, 4.69) is 16.8 Å². The van der Waals surface area contributed by atoms with Crippen LogP contribution in [0.25, 0.3) is 11.3 Å². The van der Waals surface area contributed by atoms with E-state index < -0.39 is 0 Å². The molecule has 1 fully saturated rings. The van der Waals surface area contributed by atoms with Crippen molar-refractivity contribution in [1.29, 1.82) is 0 Å². The Kier molecular flexibility index (Phi) is 3.85. The Hall–Kier alpha value is -1.65. The predicted octanol–water partition coefficient (Wildman–Crippen LogP) is 2.86. The lowest BCUT2D eigenvalue weighted by Gasteiger charge is -2.33. The Morgan fingerprint density at radius 3 is 2.90 bits per heavy atom. The maximum atomic E-state index is 9.77. The fourth-order valence-electron chi connectivity index (χ4n) is 2.71. The lowest BCUT2D eigenvalue weighted by atomic mass is 10.1. The van der Waals surface area contributed by atoms with E-state index in [9.17, 15) is 5.11 Å². The van der Waals surface area contributed by atoms with Gasteiger partial charge in [-0.25, -0.2) is 4.98 Å². The summed E-state index contributed by atoms with van der Waals surface area (Å²) in [5.74, 6) is 1.52. The van der Waals surface area contributed by atoms with Crippen molar-refractivity contribution < 1.29 is 9.52 Å². The summed E-state index contributed by atoms with van der Waals surface area (Å²) in [6.07, 6.45) is 3.47. The Balaban J connectivity index is 1.76. The predicted molar refractivity (Wildman–Crippen MR) is 77.2 cm³/mol. The molecular weight excluding hydrogens is 252 g/mol. The zero-order valence-corrected chi connectivity index (χ0v) is 11.7. The Labute approximate surface area is 119 Å². The van der Waals surface area contributed by atoms with Crippen molar-refractivity contribution in [3.8, 4) is 11.3 Å². The lowest BCUT2D eigenvalue weighted by molar-refractivity contribution is 0.0440. The first kappa shape index (κ1) is 13.3. The molecular formula is C16H20N2O2. The zero-order valence-electron chi connectivity index (χ0n) is 11.7. The highest BCUT2D eigenvalue weighted by Gasteiger charge is 2.25. The molecule has 0 amide bonds. The van der Waals surface area contributed by atoms with Crippen molar-refractivity contribution in [1.82, 2.24) is 9.88 Å². The number of rotatable bonds is 3. The summed E-state index contributed by atoms with van der Waals surface area (Å²) in [6.45, 7) is 3.77. The van der Waals surface area contributed by atoms with Crippen LogP contribution in [0.4, 0.5) is 0 Å². The fourth-order valence-corrected chi connectivity index (χ4v) is 2.71. The van der Waals surface area contributed by atoms with Gasteiger partial charge in [-0.2, -0.15) is 0 Å². The average molecular weight is 272 g/mol. The van der Waals surface area contributed by atoms with Gasteiger partial charge in [-0.15, -0.1) is 0 Å². The number of β-amino-alcohol motifs (C(OH)–C–C–N with tert-alkyl or cyclic N) is 1. The topological polar surface area (TPSA) is 49.5 Å². The molecule has 0 saturated carbocycles. The summed E-state index contributed by atoms with van der Waals surface area (Å²) in [6, 6.07) is 10.1. The second-order valence-corrected chi connectivity index (χ2v) is 5.40. The molecule has 0 bridgehead atoms. The van der Waals surface area contributed by atoms with Crippen LogP contribution in [0.1, 0.15) is 31.7 Å². The normalized spacial score (nSPS) is 21.8. The van der Waals surface area contributed by atoms with Gasteiger partial charge in [0, 0.05) is 12.1 Å². The zero-order chi connectivity index (χ0) is 13.9. The molecule has 2 atom stereocenters. The Morgan fingerprint density at radius 1 is 1.35 bits per heavy atom. The van der Waals surface area contributed by atoms with Crippen LogP contribution in [-0.2, 0) is 0 Å². The third-order valence-corrected chi connectivity index (χ3v) is 3.91. The van der Waals surface area contributed by atoms with E-state index in [4.69, 9.17) is 4.42 Å². The number of hydrogen-bond donors (Lipinski definition) is 1. The van der Waals surface area contributed by atoms with Gasteiger partial charge in [0.05, 0.1) is 18.3 Å². The molecule has 1 saturated heterocycles. The summed E-state index contributed by atoms with van der Waals surface area (Å²) < 4.78 is 5.89. The van der Waals surface area contributed by atoms with Crippen molar-refractivity contribution in [3.05, 3.63) is 42.4 Å². The highest BCUT2D eigenvalue weighted by molar-refractivity contribution is 5.55. The number of aromatic nitrogens is 1. The third-order valence-electron chi connectivity index (χ3n) is 3.91. The monoisotopic (exact) mass is 272 g/mol. The average Bonchev–Trinajstić information content (AvgIpc) is 2.97. The molecule has 1 N–H and O–H groups in total. The van der Waals surface area contributed by atoms with Crippen LogP contribution in [0.3, 0.4) is 0 Å². The molecule has 0 radical (unpaired) electrons. The smallest absolute Gasteiger partial charge is 0.211 e. The number of hydrogen-bond acceptors (Lipinski definition) is 4. The number of oxazole rings is 1.